The van der Waals surface area contributed by atoms with Gasteiger partial charge in [0.25, 0.3) is 5.69 Å². The number of nitro groups is 1. The van der Waals surface area contributed by atoms with Crippen LogP contribution in [0.5, 0.6) is 0 Å². The molecular formula is C24H27N5O3. The molecule has 1 aliphatic rings. The molecule has 2 aromatic carbocycles. The van der Waals surface area contributed by atoms with E-state index < -0.39 is 0 Å². The van der Waals surface area contributed by atoms with E-state index in [2.05, 4.69) is 33.1 Å². The summed E-state index contributed by atoms with van der Waals surface area (Å²) >= 11 is 0. The summed E-state index contributed by atoms with van der Waals surface area (Å²) in [4.78, 5) is 32.0. The molecular weight excluding hydrogens is 406 g/mol. The van der Waals surface area contributed by atoms with E-state index in [9.17, 15) is 14.9 Å². The number of carbonyl (C=O) groups is 1. The molecule has 166 valence electrons. The minimum Gasteiger partial charge on any atom is -0.368 e. The first kappa shape index (κ1) is 21.7. The first-order valence-electron chi connectivity index (χ1n) is 10.8. The van der Waals surface area contributed by atoms with E-state index in [-0.39, 0.29) is 22.6 Å². The molecule has 0 saturated carbocycles. The first-order valence-corrected chi connectivity index (χ1v) is 10.8. The van der Waals surface area contributed by atoms with Crippen LogP contribution in [-0.4, -0.2) is 53.4 Å². The number of anilines is 1. The predicted molar refractivity (Wildman–Crippen MR) is 125 cm³/mol. The van der Waals surface area contributed by atoms with Gasteiger partial charge in [0.05, 0.1) is 22.9 Å². The number of fused-ring (bicyclic) bond motifs is 1. The molecule has 4 rings (SSSR count). The summed E-state index contributed by atoms with van der Waals surface area (Å²) in [7, 11) is 0. The number of benzene rings is 2. The van der Waals surface area contributed by atoms with Gasteiger partial charge in [0.15, 0.2) is 0 Å². The second-order valence-electron chi connectivity index (χ2n) is 8.19. The van der Waals surface area contributed by atoms with Gasteiger partial charge in [-0.25, -0.2) is 0 Å². The molecule has 1 saturated heterocycles. The van der Waals surface area contributed by atoms with Gasteiger partial charge in [-0.3, -0.25) is 24.8 Å². The average Bonchev–Trinajstić information content (AvgIpc) is 2.79. The topological polar surface area (TPSA) is 91.6 Å². The number of rotatable bonds is 6. The van der Waals surface area contributed by atoms with Gasteiger partial charge < -0.3 is 10.2 Å². The number of hydrogen-bond donors (Lipinski definition) is 1. The molecule has 1 aromatic heterocycles. The van der Waals surface area contributed by atoms with Crippen LogP contribution in [0.15, 0.2) is 54.9 Å². The SMILES string of the molecule is Cc1ccccc1C(C)NC(=O)CN1CCN(c2ccc([N+](=O)[O-])c3cnccc23)CC1. The lowest BCUT2D eigenvalue weighted by Crippen LogP contribution is -2.49. The number of amides is 1. The fourth-order valence-electron chi connectivity index (χ4n) is 4.38. The quantitative estimate of drug-likeness (QED) is 0.473. The van der Waals surface area contributed by atoms with Gasteiger partial charge in [-0.05, 0) is 37.1 Å². The van der Waals surface area contributed by atoms with Crippen molar-refractivity contribution >= 4 is 28.1 Å². The Morgan fingerprint density at radius 1 is 1.12 bits per heavy atom. The van der Waals surface area contributed by atoms with Gasteiger partial charge in [-0.2, -0.15) is 0 Å². The van der Waals surface area contributed by atoms with Gasteiger partial charge >= 0.3 is 0 Å². The minimum absolute atomic E-state index is 0.0149. The number of aryl methyl sites for hydroxylation is 1. The van der Waals surface area contributed by atoms with Gasteiger partial charge in [0, 0.05) is 55.7 Å². The maximum atomic E-state index is 12.6. The largest absolute Gasteiger partial charge is 0.368 e. The van der Waals surface area contributed by atoms with Crippen molar-refractivity contribution in [2.24, 2.45) is 0 Å². The van der Waals surface area contributed by atoms with E-state index in [0.717, 1.165) is 42.8 Å². The molecule has 2 heterocycles. The van der Waals surface area contributed by atoms with Crippen molar-refractivity contribution in [3.63, 3.8) is 0 Å². The summed E-state index contributed by atoms with van der Waals surface area (Å²) in [5.74, 6) is 0.0149. The van der Waals surface area contributed by atoms with Crippen LogP contribution >= 0.6 is 0 Å². The highest BCUT2D eigenvalue weighted by Gasteiger charge is 2.23. The Hall–Kier alpha value is -3.52. The molecule has 8 nitrogen and oxygen atoms in total. The molecule has 32 heavy (non-hydrogen) atoms. The fourth-order valence-corrected chi connectivity index (χ4v) is 4.38. The van der Waals surface area contributed by atoms with Crippen LogP contribution in [0.1, 0.15) is 24.1 Å². The van der Waals surface area contributed by atoms with Crippen LogP contribution in [0, 0.1) is 17.0 Å². The lowest BCUT2D eigenvalue weighted by Gasteiger charge is -2.36. The highest BCUT2D eigenvalue weighted by atomic mass is 16.6. The Balaban J connectivity index is 1.38. The van der Waals surface area contributed by atoms with Crippen molar-refractivity contribution in [2.45, 2.75) is 19.9 Å². The number of non-ortho nitro benzene ring substituents is 1. The molecule has 1 amide bonds. The zero-order chi connectivity index (χ0) is 22.7. The Morgan fingerprint density at radius 3 is 2.59 bits per heavy atom. The minimum atomic E-state index is -0.373. The maximum Gasteiger partial charge on any atom is 0.278 e. The lowest BCUT2D eigenvalue weighted by molar-refractivity contribution is -0.383. The molecule has 1 N–H and O–H groups in total. The molecule has 1 unspecified atom stereocenters. The van der Waals surface area contributed by atoms with Crippen LogP contribution in [-0.2, 0) is 4.79 Å². The Kier molecular flexibility index (Phi) is 6.32. The van der Waals surface area contributed by atoms with Crippen molar-refractivity contribution in [3.8, 4) is 0 Å². The molecule has 0 spiro atoms. The Bertz CT molecular complexity index is 1140. The number of nitro benzene ring substituents is 1. The number of hydrogen-bond acceptors (Lipinski definition) is 6. The third-order valence-corrected chi connectivity index (χ3v) is 6.08. The van der Waals surface area contributed by atoms with E-state index in [1.165, 1.54) is 5.56 Å². The van der Waals surface area contributed by atoms with Crippen molar-refractivity contribution in [1.82, 2.24) is 15.2 Å². The van der Waals surface area contributed by atoms with Crippen molar-refractivity contribution in [3.05, 3.63) is 76.1 Å². The van der Waals surface area contributed by atoms with E-state index >= 15 is 0 Å². The van der Waals surface area contributed by atoms with Gasteiger partial charge in [0.1, 0.15) is 0 Å². The third-order valence-electron chi connectivity index (χ3n) is 6.08. The predicted octanol–water partition coefficient (Wildman–Crippen LogP) is 3.45. The summed E-state index contributed by atoms with van der Waals surface area (Å²) in [5.41, 5.74) is 3.32. The second-order valence-corrected chi connectivity index (χ2v) is 8.19. The summed E-state index contributed by atoms with van der Waals surface area (Å²) < 4.78 is 0. The average molecular weight is 434 g/mol. The normalized spacial score (nSPS) is 15.5. The van der Waals surface area contributed by atoms with Crippen LogP contribution in [0.4, 0.5) is 11.4 Å². The van der Waals surface area contributed by atoms with Crippen LogP contribution < -0.4 is 10.2 Å². The third kappa shape index (κ3) is 4.55. The zero-order valence-corrected chi connectivity index (χ0v) is 18.3. The lowest BCUT2D eigenvalue weighted by atomic mass is 10.0. The van der Waals surface area contributed by atoms with E-state index in [0.29, 0.717) is 11.9 Å². The summed E-state index contributed by atoms with van der Waals surface area (Å²) in [6.07, 6.45) is 3.21. The molecule has 1 atom stereocenters. The van der Waals surface area contributed by atoms with Gasteiger partial charge in [-0.1, -0.05) is 24.3 Å². The summed E-state index contributed by atoms with van der Waals surface area (Å²) in [6.45, 7) is 7.40. The smallest absolute Gasteiger partial charge is 0.278 e. The standard InChI is InChI=1S/C24H27N5O3/c1-17-5-3-4-6-19(17)18(2)26-24(30)16-27-11-13-28(14-12-27)22-7-8-23(29(31)32)21-15-25-10-9-20(21)22/h3-10,15,18H,11-14,16H2,1-2H3,(H,26,30). The molecule has 1 fully saturated rings. The molecule has 1 aliphatic heterocycles. The number of aromatic nitrogens is 1. The zero-order valence-electron chi connectivity index (χ0n) is 18.3. The molecule has 3 aromatic rings. The highest BCUT2D eigenvalue weighted by molar-refractivity contribution is 5.99. The maximum absolute atomic E-state index is 12.6. The van der Waals surface area contributed by atoms with Crippen molar-refractivity contribution in [1.29, 1.82) is 0 Å². The monoisotopic (exact) mass is 433 g/mol. The molecule has 0 aliphatic carbocycles. The summed E-state index contributed by atoms with van der Waals surface area (Å²) in [5, 5.41) is 15.8. The van der Waals surface area contributed by atoms with E-state index in [1.54, 1.807) is 18.5 Å². The number of piperazine rings is 1. The van der Waals surface area contributed by atoms with Gasteiger partial charge in [0.2, 0.25) is 5.91 Å². The molecule has 0 radical (unpaired) electrons. The van der Waals surface area contributed by atoms with E-state index in [4.69, 9.17) is 0 Å². The fraction of sp³-hybridized carbons (Fsp3) is 0.333. The van der Waals surface area contributed by atoms with Crippen LogP contribution in [0.2, 0.25) is 0 Å². The molecule has 0 bridgehead atoms. The highest BCUT2D eigenvalue weighted by Crippen LogP contribution is 2.33. The van der Waals surface area contributed by atoms with Gasteiger partial charge in [-0.15, -0.1) is 0 Å². The number of carbonyl (C=O) groups excluding carboxylic acids is 1. The number of pyridine rings is 1. The Labute approximate surface area is 187 Å². The summed E-state index contributed by atoms with van der Waals surface area (Å²) in [6, 6.07) is 13.2. The first-order chi connectivity index (χ1) is 15.4. The second kappa shape index (κ2) is 9.32. The van der Waals surface area contributed by atoms with E-state index in [1.807, 2.05) is 37.3 Å². The number of nitrogens with zero attached hydrogens (tertiary/aromatic N) is 4. The van der Waals surface area contributed by atoms with Crippen LogP contribution in [0.3, 0.4) is 0 Å². The Morgan fingerprint density at radius 2 is 1.88 bits per heavy atom. The van der Waals surface area contributed by atoms with Crippen LogP contribution in [0.25, 0.3) is 10.8 Å². The number of nitrogens with one attached hydrogen (secondary N) is 1. The molecule has 8 heteroatoms. The van der Waals surface area contributed by atoms with Crippen molar-refractivity contribution in [2.75, 3.05) is 37.6 Å². The van der Waals surface area contributed by atoms with Crippen molar-refractivity contribution < 1.29 is 9.72 Å².